The zero-order valence-electron chi connectivity index (χ0n) is 19.4. The third-order valence-corrected chi connectivity index (χ3v) is 6.83. The molecule has 0 amide bonds. The van der Waals surface area contributed by atoms with E-state index in [-0.39, 0.29) is 54.6 Å². The van der Waals surface area contributed by atoms with Gasteiger partial charge in [0.1, 0.15) is 78.5 Å². The van der Waals surface area contributed by atoms with E-state index in [1.165, 1.54) is 0 Å². The van der Waals surface area contributed by atoms with E-state index in [1.54, 1.807) is 0 Å². The van der Waals surface area contributed by atoms with Crippen LogP contribution in [0.25, 0.3) is 43.8 Å². The van der Waals surface area contributed by atoms with Crippen molar-refractivity contribution in [2.24, 2.45) is 0 Å². The minimum Gasteiger partial charge on any atom is -0.112 e. The lowest BCUT2D eigenvalue weighted by atomic mass is 9.58. The van der Waals surface area contributed by atoms with Crippen LogP contribution in [0.2, 0.25) is 0 Å². The summed E-state index contributed by atoms with van der Waals surface area (Å²) in [5.74, 6) is 0. The lowest BCUT2D eigenvalue weighted by Crippen LogP contribution is -2.55. The first-order valence-corrected chi connectivity index (χ1v) is 11.0. The van der Waals surface area contributed by atoms with Gasteiger partial charge in [0.25, 0.3) is 0 Å². The smallest absolute Gasteiger partial charge is 0.112 e. The van der Waals surface area contributed by atoms with Crippen LogP contribution in [0.1, 0.15) is 0 Å². The van der Waals surface area contributed by atoms with E-state index < -0.39 is 0 Å². The largest absolute Gasteiger partial charge is 0.113 e. The summed E-state index contributed by atoms with van der Waals surface area (Å²) in [4.78, 5) is 0. The maximum Gasteiger partial charge on any atom is 0.113 e. The first kappa shape index (κ1) is 24.9. The van der Waals surface area contributed by atoms with Gasteiger partial charge in [0.05, 0.1) is 0 Å². The fraction of sp³-hybridized carbons (Fsp3) is 0. The molecule has 5 aromatic carbocycles. The Balaban J connectivity index is 2.08. The van der Waals surface area contributed by atoms with Gasteiger partial charge >= 0.3 is 0 Å². The monoisotopic (exact) mass is 430 g/mol. The molecule has 0 aromatic heterocycles. The average molecular weight is 428 g/mol. The third-order valence-electron chi connectivity index (χ3n) is 6.83. The summed E-state index contributed by atoms with van der Waals surface area (Å²) in [6.45, 7) is 0. The molecule has 0 saturated heterocycles. The lowest BCUT2D eigenvalue weighted by Gasteiger charge is -2.27. The van der Waals surface area contributed by atoms with Crippen LogP contribution in [-0.4, -0.2) is 78.5 Å². The summed E-state index contributed by atoms with van der Waals surface area (Å²) < 4.78 is 0. The van der Waals surface area contributed by atoms with Crippen molar-refractivity contribution >= 4 is 155 Å². The summed E-state index contributed by atoms with van der Waals surface area (Å²) >= 11 is 0. The fourth-order valence-corrected chi connectivity index (χ4v) is 4.91. The number of rotatable bonds is 2. The number of hydrogen-bond acceptors (Lipinski definition) is 0. The number of hydrogen-bond donors (Lipinski definition) is 0. The quantitative estimate of drug-likeness (QED) is 0.196. The molecule has 0 bridgehead atoms. The highest BCUT2D eigenvalue weighted by molar-refractivity contribution is 6.70. The Labute approximate surface area is 224 Å². The molecule has 0 aliphatic carbocycles. The highest BCUT2D eigenvalue weighted by Crippen LogP contribution is 2.41. The molecule has 5 aromatic rings. The number of fused-ring (bicyclic) bond motifs is 2. The summed E-state index contributed by atoms with van der Waals surface area (Å²) in [6, 6.07) is 15.4. The predicted molar refractivity (Wildman–Crippen MR) is 166 cm³/mol. The molecule has 0 heterocycles. The molecule has 20 radical (unpaired) electrons. The zero-order valence-corrected chi connectivity index (χ0v) is 19.4. The average Bonchev–Trinajstić information content (AvgIpc) is 2.89. The van der Waals surface area contributed by atoms with Crippen molar-refractivity contribution in [2.45, 2.75) is 0 Å². The van der Waals surface area contributed by atoms with Crippen molar-refractivity contribution in [1.29, 1.82) is 0 Å². The van der Waals surface area contributed by atoms with E-state index in [9.17, 15) is 0 Å². The van der Waals surface area contributed by atoms with Gasteiger partial charge in [-0.3, -0.25) is 0 Å². The second-order valence-corrected chi connectivity index (χ2v) is 8.73. The van der Waals surface area contributed by atoms with Gasteiger partial charge in [0, 0.05) is 0 Å². The molecule has 0 aliphatic rings. The Hall–Kier alpha value is -2.73. The summed E-state index contributed by atoms with van der Waals surface area (Å²) in [7, 11) is 63.0. The zero-order chi connectivity index (χ0) is 26.0. The minimum absolute atomic E-state index is 0.146. The second kappa shape index (κ2) is 8.98. The van der Waals surface area contributed by atoms with Crippen molar-refractivity contribution in [2.75, 3.05) is 0 Å². The van der Waals surface area contributed by atoms with Crippen LogP contribution in [0, 0.1) is 0 Å². The van der Waals surface area contributed by atoms with E-state index in [4.69, 9.17) is 78.5 Å². The maximum atomic E-state index is 6.49. The molecular formula is C26H8B10. The van der Waals surface area contributed by atoms with Crippen molar-refractivity contribution < 1.29 is 0 Å². The summed E-state index contributed by atoms with van der Waals surface area (Å²) in [5.41, 5.74) is 4.39. The van der Waals surface area contributed by atoms with E-state index >= 15 is 0 Å². The molecular weight excluding hydrogens is 420 g/mol. The predicted octanol–water partition coefficient (Wildman–Crippen LogP) is -4.73. The van der Waals surface area contributed by atoms with Crippen molar-refractivity contribution in [1.82, 2.24) is 0 Å². The highest BCUT2D eigenvalue weighted by atomic mass is 14.2. The Bertz CT molecular complexity index is 1500. The van der Waals surface area contributed by atoms with E-state index in [2.05, 4.69) is 0 Å². The molecule has 0 fully saturated rings. The van der Waals surface area contributed by atoms with E-state index in [1.807, 2.05) is 48.5 Å². The normalized spacial score (nSPS) is 11.3. The van der Waals surface area contributed by atoms with Gasteiger partial charge in [-0.25, -0.2) is 0 Å². The van der Waals surface area contributed by atoms with Gasteiger partial charge < -0.3 is 0 Å². The Morgan fingerprint density at radius 2 is 0.444 bits per heavy atom. The SMILES string of the molecule is [B]c1c([B])c([B])c(-c2c3ccccc3c(-c3c([B])c([B])c([B])c([B])c3[B])c3ccccc23)c([B])c1[B]. The molecule has 10 heteroatoms. The van der Waals surface area contributed by atoms with Crippen LogP contribution in [0.15, 0.2) is 48.5 Å². The molecule has 0 atom stereocenters. The molecule has 0 aliphatic heterocycles. The molecule has 0 unspecified atom stereocenters. The van der Waals surface area contributed by atoms with Crippen LogP contribution >= 0.6 is 0 Å². The first-order chi connectivity index (χ1) is 17.1. The Morgan fingerprint density at radius 1 is 0.250 bits per heavy atom. The fourth-order valence-electron chi connectivity index (χ4n) is 4.91. The highest BCUT2D eigenvalue weighted by Gasteiger charge is 2.22. The second-order valence-electron chi connectivity index (χ2n) is 8.73. The molecule has 0 N–H and O–H groups in total. The van der Waals surface area contributed by atoms with Gasteiger partial charge in [0.2, 0.25) is 0 Å². The van der Waals surface area contributed by atoms with Gasteiger partial charge in [0.15, 0.2) is 0 Å². The van der Waals surface area contributed by atoms with Gasteiger partial charge in [-0.15, -0.1) is 32.8 Å². The first-order valence-electron chi connectivity index (χ1n) is 11.0. The third kappa shape index (κ3) is 3.44. The van der Waals surface area contributed by atoms with Gasteiger partial charge in [-0.05, 0) is 43.8 Å². The lowest BCUT2D eigenvalue weighted by molar-refractivity contribution is 1.74. The minimum atomic E-state index is 0.146. The number of benzene rings is 5. The van der Waals surface area contributed by atoms with Crippen LogP contribution in [-0.2, 0) is 0 Å². The maximum absolute atomic E-state index is 6.49. The molecule has 142 valence electrons. The molecule has 0 nitrogen and oxygen atoms in total. The molecule has 36 heavy (non-hydrogen) atoms. The summed E-state index contributed by atoms with van der Waals surface area (Å²) in [6.07, 6.45) is 0. The van der Waals surface area contributed by atoms with Gasteiger partial charge in [-0.2, -0.15) is 0 Å². The van der Waals surface area contributed by atoms with Crippen LogP contribution < -0.4 is 54.6 Å². The molecule has 0 saturated carbocycles. The van der Waals surface area contributed by atoms with Gasteiger partial charge in [-0.1, -0.05) is 70.4 Å². The van der Waals surface area contributed by atoms with Crippen LogP contribution in [0.3, 0.4) is 0 Å². The topological polar surface area (TPSA) is 0 Å². The Morgan fingerprint density at radius 3 is 0.667 bits per heavy atom. The van der Waals surface area contributed by atoms with E-state index in [0.29, 0.717) is 11.1 Å². The van der Waals surface area contributed by atoms with Crippen molar-refractivity contribution in [3.05, 3.63) is 48.5 Å². The standard InChI is InChI=1S/C26H8B10/c27-17-15(18(28)22(32)25(35)21(17)31)13-9-5-1-2-6-10(9)14(12-8-4-3-7-11(12)13)16-19(29)23(33)26(36)24(34)20(16)30/h1-8H. The Kier molecular flexibility index (Phi) is 6.22. The van der Waals surface area contributed by atoms with Crippen LogP contribution in [0.5, 0.6) is 0 Å². The summed E-state index contributed by atoms with van der Waals surface area (Å²) in [5, 5.41) is 3.23. The molecule has 0 spiro atoms. The van der Waals surface area contributed by atoms with Crippen molar-refractivity contribution in [3.63, 3.8) is 0 Å². The molecule has 5 rings (SSSR count). The van der Waals surface area contributed by atoms with Crippen LogP contribution in [0.4, 0.5) is 0 Å². The van der Waals surface area contributed by atoms with Crippen molar-refractivity contribution in [3.8, 4) is 22.3 Å². The van der Waals surface area contributed by atoms with E-state index in [0.717, 1.165) is 32.7 Å².